The Morgan fingerprint density at radius 1 is 1.48 bits per heavy atom. The molecule has 1 aromatic heterocycles. The summed E-state index contributed by atoms with van der Waals surface area (Å²) in [5, 5.41) is 7.40. The maximum atomic E-state index is 12.2. The molecule has 0 saturated carbocycles. The van der Waals surface area contributed by atoms with Crippen LogP contribution in [0.2, 0.25) is 0 Å². The van der Waals surface area contributed by atoms with Crippen LogP contribution in [0, 0.1) is 0 Å². The van der Waals surface area contributed by atoms with Crippen molar-refractivity contribution in [3.8, 4) is 0 Å². The predicted molar refractivity (Wildman–Crippen MR) is 101 cm³/mol. The number of nitrogens with zero attached hydrogens (tertiary/aromatic N) is 3. The van der Waals surface area contributed by atoms with Gasteiger partial charge in [0.05, 0.1) is 0 Å². The van der Waals surface area contributed by atoms with Gasteiger partial charge in [0.1, 0.15) is 11.4 Å². The monoisotopic (exact) mass is 367 g/mol. The van der Waals surface area contributed by atoms with E-state index in [2.05, 4.69) is 20.6 Å². The van der Waals surface area contributed by atoms with Crippen molar-refractivity contribution in [2.45, 2.75) is 57.0 Å². The highest BCUT2D eigenvalue weighted by Gasteiger charge is 2.27. The fourth-order valence-electron chi connectivity index (χ4n) is 2.73. The van der Waals surface area contributed by atoms with Crippen LogP contribution in [-0.4, -0.2) is 59.0 Å². The molecule has 1 aliphatic heterocycles. The van der Waals surface area contributed by atoms with Crippen LogP contribution in [0.3, 0.4) is 0 Å². The molecule has 1 aromatic rings. The summed E-state index contributed by atoms with van der Waals surface area (Å²) >= 11 is 1.52. The van der Waals surface area contributed by atoms with Crippen LogP contribution in [0.4, 0.5) is 10.6 Å². The normalized spacial score (nSPS) is 18.1. The van der Waals surface area contributed by atoms with Crippen LogP contribution >= 0.6 is 11.8 Å². The molecular weight excluding hydrogens is 338 g/mol. The first-order valence-electron chi connectivity index (χ1n) is 8.61. The van der Waals surface area contributed by atoms with Crippen molar-refractivity contribution in [3.05, 3.63) is 11.8 Å². The Morgan fingerprint density at radius 3 is 2.88 bits per heavy atom. The number of hydrogen-bond donors (Lipinski definition) is 2. The molecule has 1 fully saturated rings. The summed E-state index contributed by atoms with van der Waals surface area (Å²) in [6.45, 7) is 7.75. The number of amides is 1. The fourth-order valence-corrected chi connectivity index (χ4v) is 3.07. The summed E-state index contributed by atoms with van der Waals surface area (Å²) < 4.78 is 5.48. The molecule has 0 radical (unpaired) electrons. The highest BCUT2D eigenvalue weighted by atomic mass is 32.2. The van der Waals surface area contributed by atoms with Gasteiger partial charge in [-0.1, -0.05) is 11.8 Å². The fraction of sp³-hybridized carbons (Fsp3) is 0.706. The Bertz CT molecular complexity index is 591. The summed E-state index contributed by atoms with van der Waals surface area (Å²) in [5.74, 6) is 0.839. The number of aromatic nitrogens is 2. The number of nitrogens with one attached hydrogen (secondary N) is 2. The molecule has 25 heavy (non-hydrogen) atoms. The van der Waals surface area contributed by atoms with Crippen LogP contribution in [0.25, 0.3) is 0 Å². The summed E-state index contributed by atoms with van der Waals surface area (Å²) in [4.78, 5) is 22.9. The average molecular weight is 368 g/mol. The lowest BCUT2D eigenvalue weighted by Crippen LogP contribution is -2.49. The van der Waals surface area contributed by atoms with Crippen LogP contribution in [0.1, 0.15) is 39.2 Å². The third kappa shape index (κ3) is 6.04. The van der Waals surface area contributed by atoms with E-state index in [1.807, 2.05) is 40.3 Å². The number of piperidine rings is 1. The first kappa shape index (κ1) is 19.8. The maximum Gasteiger partial charge on any atom is 0.410 e. The summed E-state index contributed by atoms with van der Waals surface area (Å²) in [7, 11) is 1.86. The van der Waals surface area contributed by atoms with Gasteiger partial charge in [0, 0.05) is 44.5 Å². The molecule has 0 spiro atoms. The zero-order valence-electron chi connectivity index (χ0n) is 15.8. The standard InChI is InChI=1S/C17H29N5O2S/c1-17(2,3)24-16(23)22-8-6-7-13(11-22)19-9-12-10-20-15(25-5)21-14(12)18-4/h10,13,19H,6-9,11H2,1-5H3,(H,18,20,21). The number of likely N-dealkylation sites (tertiary alicyclic amines) is 1. The van der Waals surface area contributed by atoms with Gasteiger partial charge in [0.2, 0.25) is 0 Å². The Kier molecular flexibility index (Phi) is 6.89. The number of carbonyl (C=O) groups excluding carboxylic acids is 1. The van der Waals surface area contributed by atoms with Crippen molar-refractivity contribution in [3.63, 3.8) is 0 Å². The van der Waals surface area contributed by atoms with Gasteiger partial charge in [0.15, 0.2) is 5.16 Å². The molecule has 2 N–H and O–H groups in total. The lowest BCUT2D eigenvalue weighted by atomic mass is 10.1. The number of ether oxygens (including phenoxy) is 1. The van der Waals surface area contributed by atoms with E-state index in [0.29, 0.717) is 13.1 Å². The van der Waals surface area contributed by atoms with E-state index in [1.54, 1.807) is 4.90 Å². The highest BCUT2D eigenvalue weighted by molar-refractivity contribution is 7.98. The second-order valence-electron chi connectivity index (χ2n) is 7.13. The molecule has 1 aliphatic rings. The van der Waals surface area contributed by atoms with Gasteiger partial charge in [-0.3, -0.25) is 0 Å². The van der Waals surface area contributed by atoms with E-state index in [4.69, 9.17) is 4.74 Å². The minimum Gasteiger partial charge on any atom is -0.444 e. The number of rotatable bonds is 5. The van der Waals surface area contributed by atoms with Crippen LogP contribution in [0.5, 0.6) is 0 Å². The van der Waals surface area contributed by atoms with Gasteiger partial charge < -0.3 is 20.3 Å². The number of hydrogen-bond acceptors (Lipinski definition) is 7. The molecule has 1 saturated heterocycles. The molecule has 1 amide bonds. The first-order chi connectivity index (χ1) is 11.8. The Labute approximate surface area is 154 Å². The SMILES string of the molecule is CNc1nc(SC)ncc1CNC1CCCN(C(=O)OC(C)(C)C)C1. The van der Waals surface area contributed by atoms with Crippen molar-refractivity contribution >= 4 is 23.7 Å². The van der Waals surface area contributed by atoms with Crippen molar-refractivity contribution in [1.29, 1.82) is 0 Å². The lowest BCUT2D eigenvalue weighted by Gasteiger charge is -2.34. The molecule has 1 unspecified atom stereocenters. The molecule has 140 valence electrons. The second-order valence-corrected chi connectivity index (χ2v) is 7.90. The average Bonchev–Trinajstić information content (AvgIpc) is 2.58. The molecule has 0 aliphatic carbocycles. The third-order valence-electron chi connectivity index (χ3n) is 3.92. The van der Waals surface area contributed by atoms with Gasteiger partial charge in [-0.15, -0.1) is 0 Å². The molecule has 7 nitrogen and oxygen atoms in total. The lowest BCUT2D eigenvalue weighted by molar-refractivity contribution is 0.0187. The number of anilines is 1. The van der Waals surface area contributed by atoms with E-state index in [0.717, 1.165) is 35.9 Å². The molecule has 0 bridgehead atoms. The zero-order chi connectivity index (χ0) is 18.4. The smallest absolute Gasteiger partial charge is 0.410 e. The van der Waals surface area contributed by atoms with Gasteiger partial charge >= 0.3 is 6.09 Å². The van der Waals surface area contributed by atoms with Gasteiger partial charge in [-0.25, -0.2) is 14.8 Å². The highest BCUT2D eigenvalue weighted by Crippen LogP contribution is 2.18. The number of thioether (sulfide) groups is 1. The van der Waals surface area contributed by atoms with Crippen molar-refractivity contribution in [2.75, 3.05) is 31.7 Å². The minimum absolute atomic E-state index is 0.234. The van der Waals surface area contributed by atoms with Crippen molar-refractivity contribution in [1.82, 2.24) is 20.2 Å². The molecule has 8 heteroatoms. The topological polar surface area (TPSA) is 79.4 Å². The Morgan fingerprint density at radius 2 is 2.24 bits per heavy atom. The Hall–Kier alpha value is -1.54. The van der Waals surface area contributed by atoms with E-state index in [-0.39, 0.29) is 12.1 Å². The maximum absolute atomic E-state index is 12.2. The first-order valence-corrected chi connectivity index (χ1v) is 9.84. The van der Waals surface area contributed by atoms with E-state index >= 15 is 0 Å². The van der Waals surface area contributed by atoms with Gasteiger partial charge in [-0.2, -0.15) is 0 Å². The molecule has 1 atom stereocenters. The number of carbonyl (C=O) groups is 1. The zero-order valence-corrected chi connectivity index (χ0v) is 16.6. The second kappa shape index (κ2) is 8.71. The van der Waals surface area contributed by atoms with Crippen molar-refractivity contribution < 1.29 is 9.53 Å². The van der Waals surface area contributed by atoms with Gasteiger partial charge in [0.25, 0.3) is 0 Å². The summed E-state index contributed by atoms with van der Waals surface area (Å²) in [5.41, 5.74) is 0.560. The van der Waals surface area contributed by atoms with Crippen LogP contribution in [-0.2, 0) is 11.3 Å². The summed E-state index contributed by atoms with van der Waals surface area (Å²) in [6.07, 6.45) is 5.59. The van der Waals surface area contributed by atoms with E-state index < -0.39 is 5.60 Å². The van der Waals surface area contributed by atoms with Crippen LogP contribution < -0.4 is 10.6 Å². The quantitative estimate of drug-likeness (QED) is 0.612. The molecule has 2 rings (SSSR count). The van der Waals surface area contributed by atoms with E-state index in [9.17, 15) is 4.79 Å². The Balaban J connectivity index is 1.92. The largest absolute Gasteiger partial charge is 0.444 e. The van der Waals surface area contributed by atoms with Crippen molar-refractivity contribution in [2.24, 2.45) is 0 Å². The van der Waals surface area contributed by atoms with Crippen LogP contribution in [0.15, 0.2) is 11.4 Å². The molecule has 2 heterocycles. The van der Waals surface area contributed by atoms with Gasteiger partial charge in [-0.05, 0) is 39.9 Å². The third-order valence-corrected chi connectivity index (χ3v) is 4.48. The molecule has 0 aromatic carbocycles. The summed E-state index contributed by atoms with van der Waals surface area (Å²) in [6, 6.07) is 0.242. The molecular formula is C17H29N5O2S. The minimum atomic E-state index is -0.463. The van der Waals surface area contributed by atoms with E-state index in [1.165, 1.54) is 11.8 Å². The predicted octanol–water partition coefficient (Wildman–Crippen LogP) is 2.73.